The summed E-state index contributed by atoms with van der Waals surface area (Å²) in [6.45, 7) is 4.51. The fourth-order valence-corrected chi connectivity index (χ4v) is 3.72. The van der Waals surface area contributed by atoms with E-state index in [1.807, 2.05) is 23.1 Å². The number of rotatable bonds is 8. The van der Waals surface area contributed by atoms with Crippen LogP contribution < -0.4 is 10.2 Å². The lowest BCUT2D eigenvalue weighted by molar-refractivity contribution is -0.122. The van der Waals surface area contributed by atoms with Crippen molar-refractivity contribution in [3.05, 3.63) is 65.2 Å². The molecule has 6 nitrogen and oxygen atoms in total. The fraction of sp³-hybridized carbons (Fsp3) is 0.391. The average Bonchev–Trinajstić information content (AvgIpc) is 2.77. The van der Waals surface area contributed by atoms with Crippen LogP contribution in [-0.4, -0.2) is 74.5 Å². The first-order valence-electron chi connectivity index (χ1n) is 10.3. The smallest absolute Gasteiger partial charge is 0.253 e. The second-order valence-corrected chi connectivity index (χ2v) is 7.98. The summed E-state index contributed by atoms with van der Waals surface area (Å²) in [4.78, 5) is 30.9. The zero-order chi connectivity index (χ0) is 21.3. The van der Waals surface area contributed by atoms with Crippen molar-refractivity contribution in [1.29, 1.82) is 0 Å². The zero-order valence-electron chi connectivity index (χ0n) is 17.4. The van der Waals surface area contributed by atoms with Gasteiger partial charge in [0.25, 0.3) is 5.91 Å². The molecule has 30 heavy (non-hydrogen) atoms. The Morgan fingerprint density at radius 3 is 2.47 bits per heavy atom. The highest BCUT2D eigenvalue weighted by Crippen LogP contribution is 2.14. The van der Waals surface area contributed by atoms with Gasteiger partial charge in [-0.1, -0.05) is 35.9 Å². The quantitative estimate of drug-likeness (QED) is 0.657. The van der Waals surface area contributed by atoms with Crippen LogP contribution in [0.25, 0.3) is 0 Å². The maximum atomic E-state index is 12.6. The van der Waals surface area contributed by atoms with E-state index in [-0.39, 0.29) is 11.8 Å². The van der Waals surface area contributed by atoms with Crippen molar-refractivity contribution >= 4 is 29.1 Å². The van der Waals surface area contributed by atoms with E-state index in [0.717, 1.165) is 13.0 Å². The summed E-state index contributed by atoms with van der Waals surface area (Å²) in [5, 5.41) is 3.56. The van der Waals surface area contributed by atoms with Gasteiger partial charge in [-0.2, -0.15) is 0 Å². The highest BCUT2D eigenvalue weighted by molar-refractivity contribution is 6.30. The van der Waals surface area contributed by atoms with E-state index in [9.17, 15) is 9.59 Å². The molecular formula is C23H29ClN4O2. The van der Waals surface area contributed by atoms with Crippen LogP contribution in [0.5, 0.6) is 0 Å². The number of amides is 2. The molecule has 2 amide bonds. The Morgan fingerprint density at radius 2 is 1.77 bits per heavy atom. The van der Waals surface area contributed by atoms with Gasteiger partial charge in [0, 0.05) is 62.6 Å². The van der Waals surface area contributed by atoms with E-state index in [0.29, 0.717) is 49.9 Å². The molecule has 0 aromatic heterocycles. The Labute approximate surface area is 183 Å². The summed E-state index contributed by atoms with van der Waals surface area (Å²) in [7, 11) is 2.06. The maximum Gasteiger partial charge on any atom is 0.253 e. The van der Waals surface area contributed by atoms with Crippen LogP contribution in [0.2, 0.25) is 5.02 Å². The molecule has 1 aliphatic rings. The fourth-order valence-electron chi connectivity index (χ4n) is 3.53. The Kier molecular flexibility index (Phi) is 8.11. The van der Waals surface area contributed by atoms with Crippen LogP contribution in [0.4, 0.5) is 5.69 Å². The van der Waals surface area contributed by atoms with Crippen molar-refractivity contribution in [3.8, 4) is 0 Å². The molecular weight excluding hydrogens is 400 g/mol. The van der Waals surface area contributed by atoms with E-state index in [2.05, 4.69) is 34.3 Å². The Bertz CT molecular complexity index is 838. The molecule has 1 fully saturated rings. The molecule has 3 rings (SSSR count). The number of benzene rings is 2. The minimum atomic E-state index is -0.0101. The highest BCUT2D eigenvalue weighted by Gasteiger charge is 2.23. The van der Waals surface area contributed by atoms with Crippen molar-refractivity contribution in [1.82, 2.24) is 15.1 Å². The Balaban J connectivity index is 1.33. The number of carbonyl (C=O) groups excluding carboxylic acids is 2. The molecule has 1 saturated heterocycles. The van der Waals surface area contributed by atoms with E-state index in [1.54, 1.807) is 24.3 Å². The zero-order valence-corrected chi connectivity index (χ0v) is 18.1. The normalized spacial score (nSPS) is 14.4. The summed E-state index contributed by atoms with van der Waals surface area (Å²) < 4.78 is 0. The van der Waals surface area contributed by atoms with Gasteiger partial charge < -0.3 is 15.1 Å². The molecule has 0 bridgehead atoms. The van der Waals surface area contributed by atoms with Crippen molar-refractivity contribution in [3.63, 3.8) is 0 Å². The molecule has 160 valence electrons. The molecule has 0 atom stereocenters. The van der Waals surface area contributed by atoms with Crippen LogP contribution in [0, 0.1) is 0 Å². The van der Waals surface area contributed by atoms with Gasteiger partial charge in [0.15, 0.2) is 0 Å². The lowest BCUT2D eigenvalue weighted by Gasteiger charge is -2.34. The first-order chi connectivity index (χ1) is 14.5. The first-order valence-corrected chi connectivity index (χ1v) is 10.7. The molecule has 1 aliphatic heterocycles. The third kappa shape index (κ3) is 6.47. The lowest BCUT2D eigenvalue weighted by Crippen LogP contribution is -2.51. The van der Waals surface area contributed by atoms with Gasteiger partial charge in [0.05, 0.1) is 6.54 Å². The van der Waals surface area contributed by atoms with Gasteiger partial charge in [-0.25, -0.2) is 0 Å². The van der Waals surface area contributed by atoms with E-state index in [4.69, 9.17) is 11.6 Å². The van der Waals surface area contributed by atoms with E-state index >= 15 is 0 Å². The lowest BCUT2D eigenvalue weighted by atomic mass is 10.2. The third-order valence-electron chi connectivity index (χ3n) is 5.29. The number of nitrogens with zero attached hydrogens (tertiary/aromatic N) is 3. The van der Waals surface area contributed by atoms with Crippen molar-refractivity contribution in [2.45, 2.75) is 6.42 Å². The largest absolute Gasteiger partial charge is 0.375 e. The SMILES string of the molecule is CN(CCCNC(=O)CN1CCN(C(=O)c2cccc(Cl)c2)CC1)c1ccccc1. The van der Waals surface area contributed by atoms with Gasteiger partial charge in [-0.15, -0.1) is 0 Å². The molecule has 0 spiro atoms. The summed E-state index contributed by atoms with van der Waals surface area (Å²) in [5.41, 5.74) is 1.78. The van der Waals surface area contributed by atoms with Crippen LogP contribution >= 0.6 is 11.6 Å². The Morgan fingerprint density at radius 1 is 1.03 bits per heavy atom. The standard InChI is InChI=1S/C23H29ClN4O2/c1-26(21-9-3-2-4-10-21)12-6-11-25-22(29)18-27-13-15-28(16-14-27)23(30)19-7-5-8-20(24)17-19/h2-5,7-10,17H,6,11-16,18H2,1H3,(H,25,29). The second-order valence-electron chi connectivity index (χ2n) is 7.54. The van der Waals surface area contributed by atoms with Gasteiger partial charge in [-0.05, 0) is 36.8 Å². The molecule has 0 unspecified atom stereocenters. The number of hydrogen-bond acceptors (Lipinski definition) is 4. The number of piperazine rings is 1. The molecule has 2 aromatic carbocycles. The van der Waals surface area contributed by atoms with Gasteiger partial charge >= 0.3 is 0 Å². The topological polar surface area (TPSA) is 55.9 Å². The number of anilines is 1. The number of nitrogens with one attached hydrogen (secondary N) is 1. The highest BCUT2D eigenvalue weighted by atomic mass is 35.5. The molecule has 7 heteroatoms. The first kappa shape index (κ1) is 22.1. The van der Waals surface area contributed by atoms with Gasteiger partial charge in [-0.3, -0.25) is 14.5 Å². The Hall–Kier alpha value is -2.57. The molecule has 2 aromatic rings. The van der Waals surface area contributed by atoms with E-state index < -0.39 is 0 Å². The van der Waals surface area contributed by atoms with E-state index in [1.165, 1.54) is 5.69 Å². The maximum absolute atomic E-state index is 12.6. The molecule has 0 radical (unpaired) electrons. The number of para-hydroxylation sites is 1. The predicted octanol–water partition coefficient (Wildman–Crippen LogP) is 2.74. The van der Waals surface area contributed by atoms with Crippen LogP contribution in [0.1, 0.15) is 16.8 Å². The molecule has 1 N–H and O–H groups in total. The summed E-state index contributed by atoms with van der Waals surface area (Å²) in [6.07, 6.45) is 0.888. The summed E-state index contributed by atoms with van der Waals surface area (Å²) >= 11 is 5.98. The van der Waals surface area contributed by atoms with Crippen molar-refractivity contribution in [2.75, 3.05) is 57.8 Å². The molecule has 0 aliphatic carbocycles. The number of carbonyl (C=O) groups is 2. The second kappa shape index (κ2) is 11.0. The predicted molar refractivity (Wildman–Crippen MR) is 121 cm³/mol. The average molecular weight is 429 g/mol. The minimum absolute atomic E-state index is 0.0101. The number of halogens is 1. The molecule has 1 heterocycles. The minimum Gasteiger partial charge on any atom is -0.375 e. The van der Waals surface area contributed by atoms with Crippen LogP contribution in [0.15, 0.2) is 54.6 Å². The van der Waals surface area contributed by atoms with Gasteiger partial charge in [0.1, 0.15) is 0 Å². The van der Waals surface area contributed by atoms with Gasteiger partial charge in [0.2, 0.25) is 5.91 Å². The van der Waals surface area contributed by atoms with Crippen LogP contribution in [-0.2, 0) is 4.79 Å². The monoisotopic (exact) mass is 428 g/mol. The van der Waals surface area contributed by atoms with Crippen LogP contribution in [0.3, 0.4) is 0 Å². The number of hydrogen-bond donors (Lipinski definition) is 1. The van der Waals surface area contributed by atoms with Crippen molar-refractivity contribution in [2.24, 2.45) is 0 Å². The molecule has 0 saturated carbocycles. The third-order valence-corrected chi connectivity index (χ3v) is 5.52. The van der Waals surface area contributed by atoms with Crippen molar-refractivity contribution < 1.29 is 9.59 Å². The summed E-state index contributed by atoms with van der Waals surface area (Å²) in [5.74, 6) is 0.0242. The summed E-state index contributed by atoms with van der Waals surface area (Å²) in [6, 6.07) is 17.2.